The normalized spacial score (nSPS) is 15.5. The predicted octanol–water partition coefficient (Wildman–Crippen LogP) is 5.58. The van der Waals surface area contributed by atoms with Crippen molar-refractivity contribution in [1.82, 2.24) is 4.90 Å². The third-order valence-corrected chi connectivity index (χ3v) is 4.30. The van der Waals surface area contributed by atoms with Crippen LogP contribution in [0.3, 0.4) is 0 Å². The fourth-order valence-corrected chi connectivity index (χ4v) is 2.78. The zero-order valence-corrected chi connectivity index (χ0v) is 14.5. The molecule has 1 aliphatic rings. The van der Waals surface area contributed by atoms with Gasteiger partial charge in [-0.3, -0.25) is 0 Å². The van der Waals surface area contributed by atoms with Crippen molar-refractivity contribution < 1.29 is 13.2 Å². The number of alkyl halides is 3. The summed E-state index contributed by atoms with van der Waals surface area (Å²) in [7, 11) is 0. The lowest BCUT2D eigenvalue weighted by Gasteiger charge is -2.33. The summed E-state index contributed by atoms with van der Waals surface area (Å²) in [6.07, 6.45) is -2.24. The van der Waals surface area contributed by atoms with E-state index in [1.165, 1.54) is 12.1 Å². The molecule has 0 N–H and O–H groups in total. The molecular formula is C20H21F3N2. The Kier molecular flexibility index (Phi) is 4.27. The molecule has 0 atom stereocenters. The largest absolute Gasteiger partial charge is 0.416 e. The number of halogens is 3. The lowest BCUT2D eigenvalue weighted by Crippen LogP contribution is -2.39. The van der Waals surface area contributed by atoms with Crippen molar-refractivity contribution in [1.29, 1.82) is 0 Å². The molecule has 0 saturated carbocycles. The molecule has 0 unspecified atom stereocenters. The monoisotopic (exact) mass is 346 g/mol. The lowest BCUT2D eigenvalue weighted by molar-refractivity contribution is -0.137. The summed E-state index contributed by atoms with van der Waals surface area (Å²) in [5.41, 5.74) is 2.05. The van der Waals surface area contributed by atoms with Crippen molar-refractivity contribution in [3.63, 3.8) is 0 Å². The van der Waals surface area contributed by atoms with E-state index in [2.05, 4.69) is 31.9 Å². The summed E-state index contributed by atoms with van der Waals surface area (Å²) in [5, 5.41) is 0. The predicted molar refractivity (Wildman–Crippen MR) is 94.8 cm³/mol. The molecule has 0 fully saturated rings. The van der Waals surface area contributed by atoms with Crippen molar-refractivity contribution in [2.24, 2.45) is 0 Å². The van der Waals surface area contributed by atoms with Gasteiger partial charge >= 0.3 is 6.18 Å². The fraction of sp³-hybridized carbons (Fsp3) is 0.300. The summed E-state index contributed by atoms with van der Waals surface area (Å²) in [4.78, 5) is 4.23. The molecule has 3 rings (SSSR count). The number of hydrogen-bond donors (Lipinski definition) is 0. The van der Waals surface area contributed by atoms with Crippen molar-refractivity contribution in [2.75, 3.05) is 11.6 Å². The molecule has 0 aliphatic carbocycles. The number of anilines is 1. The van der Waals surface area contributed by atoms with E-state index in [4.69, 9.17) is 0 Å². The van der Waals surface area contributed by atoms with Gasteiger partial charge in [0.15, 0.2) is 0 Å². The van der Waals surface area contributed by atoms with Gasteiger partial charge in [0, 0.05) is 17.4 Å². The Balaban J connectivity index is 1.98. The van der Waals surface area contributed by atoms with Crippen LogP contribution in [0.5, 0.6) is 0 Å². The molecule has 0 spiro atoms. The molecule has 1 aliphatic heterocycles. The van der Waals surface area contributed by atoms with Gasteiger partial charge in [-0.15, -0.1) is 0 Å². The molecular weight excluding hydrogens is 325 g/mol. The van der Waals surface area contributed by atoms with Gasteiger partial charge in [0.1, 0.15) is 0 Å². The highest BCUT2D eigenvalue weighted by atomic mass is 19.4. The number of hydrogen-bond acceptors (Lipinski definition) is 2. The molecule has 5 heteroatoms. The van der Waals surface area contributed by atoms with Crippen LogP contribution in [0.4, 0.5) is 18.9 Å². The second-order valence-electron chi connectivity index (χ2n) is 7.14. The van der Waals surface area contributed by atoms with E-state index in [-0.39, 0.29) is 5.54 Å². The number of nitrogens with zero attached hydrogens (tertiary/aromatic N) is 2. The zero-order chi connectivity index (χ0) is 18.2. The average Bonchev–Trinajstić information content (AvgIpc) is 3.00. The van der Waals surface area contributed by atoms with Gasteiger partial charge in [0.05, 0.1) is 17.9 Å². The molecule has 2 aromatic carbocycles. The van der Waals surface area contributed by atoms with Crippen LogP contribution in [-0.4, -0.2) is 17.1 Å². The smallest absolute Gasteiger partial charge is 0.353 e. The van der Waals surface area contributed by atoms with Crippen LogP contribution in [0, 0.1) is 0 Å². The quantitative estimate of drug-likeness (QED) is 0.700. The minimum absolute atomic E-state index is 0.0826. The van der Waals surface area contributed by atoms with E-state index in [0.29, 0.717) is 6.67 Å². The molecule has 1 heterocycles. The Hall–Kier alpha value is -2.43. The van der Waals surface area contributed by atoms with E-state index >= 15 is 0 Å². The van der Waals surface area contributed by atoms with Gasteiger partial charge < -0.3 is 9.80 Å². The van der Waals surface area contributed by atoms with Gasteiger partial charge in [-0.1, -0.05) is 30.3 Å². The van der Waals surface area contributed by atoms with Gasteiger partial charge in [0.2, 0.25) is 0 Å². The highest BCUT2D eigenvalue weighted by Crippen LogP contribution is 2.36. The SMILES string of the molecule is CC(C)(C)N1C=C(c2ccccc2)N(c2ccc(C(F)(F)F)cc2)C1. The van der Waals surface area contributed by atoms with Gasteiger partial charge in [-0.25, -0.2) is 0 Å². The number of rotatable bonds is 2. The van der Waals surface area contributed by atoms with Gasteiger partial charge in [-0.05, 0) is 50.6 Å². The van der Waals surface area contributed by atoms with E-state index in [1.807, 2.05) is 35.2 Å². The maximum Gasteiger partial charge on any atom is 0.416 e. The summed E-state index contributed by atoms with van der Waals surface area (Å²) in [5.74, 6) is 0. The molecule has 2 nitrogen and oxygen atoms in total. The molecule has 132 valence electrons. The van der Waals surface area contributed by atoms with Gasteiger partial charge in [0.25, 0.3) is 0 Å². The van der Waals surface area contributed by atoms with E-state index in [0.717, 1.165) is 29.1 Å². The molecule has 0 bridgehead atoms. The van der Waals surface area contributed by atoms with Crippen LogP contribution >= 0.6 is 0 Å². The van der Waals surface area contributed by atoms with Crippen LogP contribution in [0.15, 0.2) is 60.8 Å². The Bertz CT molecular complexity index is 756. The third-order valence-electron chi connectivity index (χ3n) is 4.30. The van der Waals surface area contributed by atoms with Crippen LogP contribution in [0.1, 0.15) is 31.9 Å². The molecule has 2 aromatic rings. The van der Waals surface area contributed by atoms with E-state index < -0.39 is 11.7 Å². The van der Waals surface area contributed by atoms with E-state index in [9.17, 15) is 13.2 Å². The van der Waals surface area contributed by atoms with Crippen molar-refractivity contribution in [3.8, 4) is 0 Å². The molecule has 0 saturated heterocycles. The minimum atomic E-state index is -4.32. The first-order valence-corrected chi connectivity index (χ1v) is 8.15. The number of benzene rings is 2. The second-order valence-corrected chi connectivity index (χ2v) is 7.14. The van der Waals surface area contributed by atoms with E-state index in [1.54, 1.807) is 0 Å². The highest BCUT2D eigenvalue weighted by molar-refractivity contribution is 5.81. The fourth-order valence-electron chi connectivity index (χ4n) is 2.78. The summed E-state index contributed by atoms with van der Waals surface area (Å²) >= 11 is 0. The average molecular weight is 346 g/mol. The lowest BCUT2D eigenvalue weighted by atomic mass is 10.1. The Morgan fingerprint density at radius 2 is 1.44 bits per heavy atom. The molecule has 25 heavy (non-hydrogen) atoms. The topological polar surface area (TPSA) is 6.48 Å². The maximum atomic E-state index is 12.8. The molecule has 0 radical (unpaired) electrons. The maximum absolute atomic E-state index is 12.8. The third kappa shape index (κ3) is 3.65. The Labute approximate surface area is 146 Å². The van der Waals surface area contributed by atoms with Crippen LogP contribution in [0.25, 0.3) is 5.70 Å². The standard InChI is InChI=1S/C20H21F3N2/c1-19(2,3)24-13-18(15-7-5-4-6-8-15)25(14-24)17-11-9-16(10-12-17)20(21,22)23/h4-13H,14H2,1-3H3. The van der Waals surface area contributed by atoms with Gasteiger partial charge in [-0.2, -0.15) is 13.2 Å². The Morgan fingerprint density at radius 1 is 0.840 bits per heavy atom. The zero-order valence-electron chi connectivity index (χ0n) is 14.5. The molecule has 0 amide bonds. The van der Waals surface area contributed by atoms with Crippen LogP contribution in [-0.2, 0) is 6.18 Å². The van der Waals surface area contributed by atoms with Crippen molar-refractivity contribution >= 4 is 11.4 Å². The Morgan fingerprint density at radius 3 is 1.96 bits per heavy atom. The first kappa shape index (κ1) is 17.4. The van der Waals surface area contributed by atoms with Crippen molar-refractivity contribution in [3.05, 3.63) is 71.9 Å². The first-order chi connectivity index (χ1) is 11.7. The highest BCUT2D eigenvalue weighted by Gasteiger charge is 2.32. The molecule has 0 aromatic heterocycles. The van der Waals surface area contributed by atoms with Crippen LogP contribution < -0.4 is 4.90 Å². The minimum Gasteiger partial charge on any atom is -0.353 e. The summed E-state index contributed by atoms with van der Waals surface area (Å²) in [6.45, 7) is 6.94. The second kappa shape index (κ2) is 6.14. The van der Waals surface area contributed by atoms with Crippen molar-refractivity contribution in [2.45, 2.75) is 32.5 Å². The summed E-state index contributed by atoms with van der Waals surface area (Å²) < 4.78 is 38.5. The summed E-state index contributed by atoms with van der Waals surface area (Å²) in [6, 6.07) is 15.2. The first-order valence-electron chi connectivity index (χ1n) is 8.15. The van der Waals surface area contributed by atoms with Crippen LogP contribution in [0.2, 0.25) is 0 Å².